The van der Waals surface area contributed by atoms with Crippen molar-refractivity contribution in [3.63, 3.8) is 0 Å². The summed E-state index contributed by atoms with van der Waals surface area (Å²) >= 11 is 0. The van der Waals surface area contributed by atoms with Crippen LogP contribution in [0.15, 0.2) is 57.9 Å². The summed E-state index contributed by atoms with van der Waals surface area (Å²) in [4.78, 5) is 20.5. The van der Waals surface area contributed by atoms with Crippen molar-refractivity contribution < 1.29 is 12.8 Å². The molecule has 0 aliphatic heterocycles. The zero-order chi connectivity index (χ0) is 22.2. The minimum atomic E-state index is -3.38. The Hall–Kier alpha value is -3.86. The molecule has 2 aromatic heterocycles. The Morgan fingerprint density at radius 3 is 2.55 bits per heavy atom. The van der Waals surface area contributed by atoms with Crippen molar-refractivity contribution in [1.29, 1.82) is 0 Å². The fourth-order valence-electron chi connectivity index (χ4n) is 2.97. The third-order valence-electron chi connectivity index (χ3n) is 4.45. The summed E-state index contributed by atoms with van der Waals surface area (Å²) < 4.78 is 31.9. The number of hydrogen-bond donors (Lipinski definition) is 3. The van der Waals surface area contributed by atoms with Gasteiger partial charge in [0.1, 0.15) is 5.82 Å². The average Bonchev–Trinajstić information content (AvgIpc) is 2.97. The normalized spacial score (nSPS) is 11.5. The van der Waals surface area contributed by atoms with E-state index in [9.17, 15) is 13.2 Å². The first-order valence-corrected chi connectivity index (χ1v) is 11.1. The molecular weight excluding hydrogens is 420 g/mol. The molecule has 0 radical (unpaired) electrons. The Morgan fingerprint density at radius 1 is 1.03 bits per heavy atom. The number of oxazole rings is 1. The van der Waals surface area contributed by atoms with E-state index in [1.54, 1.807) is 55.7 Å². The van der Waals surface area contributed by atoms with E-state index in [1.165, 1.54) is 4.57 Å². The highest BCUT2D eigenvalue weighted by Gasteiger charge is 2.10. The first-order chi connectivity index (χ1) is 14.7. The van der Waals surface area contributed by atoms with Gasteiger partial charge in [0.2, 0.25) is 16.0 Å². The molecule has 2 heterocycles. The molecule has 0 amide bonds. The van der Waals surface area contributed by atoms with Crippen LogP contribution >= 0.6 is 0 Å². The maximum atomic E-state index is 11.7. The molecule has 0 unspecified atom stereocenters. The van der Waals surface area contributed by atoms with Crippen molar-refractivity contribution in [2.24, 2.45) is 7.05 Å². The van der Waals surface area contributed by atoms with Crippen LogP contribution in [0.2, 0.25) is 0 Å². The summed E-state index contributed by atoms with van der Waals surface area (Å²) in [5, 5.41) is 6.30. The van der Waals surface area contributed by atoms with Crippen molar-refractivity contribution in [2.45, 2.75) is 6.92 Å². The second kappa shape index (κ2) is 7.76. The first-order valence-electron chi connectivity index (χ1n) is 9.23. The van der Waals surface area contributed by atoms with Crippen molar-refractivity contribution in [3.8, 4) is 0 Å². The third-order valence-corrected chi connectivity index (χ3v) is 5.05. The number of aromatic nitrogens is 3. The lowest BCUT2D eigenvalue weighted by Gasteiger charge is -2.12. The second-order valence-electron chi connectivity index (χ2n) is 7.04. The van der Waals surface area contributed by atoms with Crippen LogP contribution in [0.25, 0.3) is 11.1 Å². The monoisotopic (exact) mass is 440 g/mol. The molecule has 0 atom stereocenters. The van der Waals surface area contributed by atoms with E-state index >= 15 is 0 Å². The van der Waals surface area contributed by atoms with Crippen LogP contribution in [0.5, 0.6) is 0 Å². The van der Waals surface area contributed by atoms with E-state index in [2.05, 4.69) is 25.3 Å². The fraction of sp³-hybridized carbons (Fsp3) is 0.150. The number of rotatable bonds is 6. The molecule has 11 heteroatoms. The van der Waals surface area contributed by atoms with E-state index in [0.29, 0.717) is 34.2 Å². The van der Waals surface area contributed by atoms with Crippen molar-refractivity contribution in [2.75, 3.05) is 21.6 Å². The van der Waals surface area contributed by atoms with Gasteiger partial charge in [-0.3, -0.25) is 9.29 Å². The number of nitrogens with one attached hydrogen (secondary N) is 3. The van der Waals surface area contributed by atoms with Crippen LogP contribution in [0.4, 0.5) is 28.8 Å². The number of hydrogen-bond acceptors (Lipinski definition) is 8. The molecule has 0 spiro atoms. The number of sulfonamides is 1. The lowest BCUT2D eigenvalue weighted by atomic mass is 10.2. The van der Waals surface area contributed by atoms with Gasteiger partial charge in [-0.2, -0.15) is 4.98 Å². The summed E-state index contributed by atoms with van der Waals surface area (Å²) in [6.45, 7) is 1.87. The maximum Gasteiger partial charge on any atom is 0.419 e. The molecule has 0 aliphatic carbocycles. The number of aryl methyl sites for hydroxylation is 2. The van der Waals surface area contributed by atoms with Gasteiger partial charge in [-0.05, 0) is 43.3 Å². The summed E-state index contributed by atoms with van der Waals surface area (Å²) in [6, 6.07) is 12.1. The molecule has 0 fully saturated rings. The molecule has 160 valence electrons. The number of benzene rings is 2. The van der Waals surface area contributed by atoms with E-state index in [4.69, 9.17) is 4.42 Å². The lowest BCUT2D eigenvalue weighted by molar-refractivity contribution is 0.528. The van der Waals surface area contributed by atoms with E-state index in [1.807, 2.05) is 6.92 Å². The predicted octanol–water partition coefficient (Wildman–Crippen LogP) is 3.09. The van der Waals surface area contributed by atoms with Gasteiger partial charge in [0.15, 0.2) is 5.58 Å². The average molecular weight is 440 g/mol. The molecule has 31 heavy (non-hydrogen) atoms. The molecular formula is C20H20N6O4S. The molecule has 0 saturated heterocycles. The van der Waals surface area contributed by atoms with Crippen molar-refractivity contribution in [3.05, 3.63) is 64.8 Å². The largest absolute Gasteiger partial charge is 0.419 e. The first kappa shape index (κ1) is 20.4. The summed E-state index contributed by atoms with van der Waals surface area (Å²) in [5.41, 5.74) is 3.77. The quantitative estimate of drug-likeness (QED) is 0.417. The molecule has 2 aromatic carbocycles. The van der Waals surface area contributed by atoms with Crippen LogP contribution in [-0.2, 0) is 17.1 Å². The zero-order valence-corrected chi connectivity index (χ0v) is 17.8. The smallest absolute Gasteiger partial charge is 0.408 e. The predicted molar refractivity (Wildman–Crippen MR) is 120 cm³/mol. The highest BCUT2D eigenvalue weighted by atomic mass is 32.2. The Morgan fingerprint density at radius 2 is 1.77 bits per heavy atom. The van der Waals surface area contributed by atoms with E-state index in [-0.39, 0.29) is 0 Å². The summed E-state index contributed by atoms with van der Waals surface area (Å²) in [7, 11) is -1.74. The molecule has 4 rings (SSSR count). The molecule has 0 bridgehead atoms. The molecule has 3 N–H and O–H groups in total. The van der Waals surface area contributed by atoms with Crippen LogP contribution < -0.4 is 21.1 Å². The highest BCUT2D eigenvalue weighted by molar-refractivity contribution is 7.92. The second-order valence-corrected chi connectivity index (χ2v) is 8.79. The molecule has 0 aliphatic rings. The Kier molecular flexibility index (Phi) is 5.11. The topological polar surface area (TPSA) is 131 Å². The summed E-state index contributed by atoms with van der Waals surface area (Å²) in [6.07, 6.45) is 2.76. The number of nitrogens with zero attached hydrogens (tertiary/aromatic N) is 3. The lowest BCUT2D eigenvalue weighted by Crippen LogP contribution is -2.09. The highest BCUT2D eigenvalue weighted by Crippen LogP contribution is 2.24. The van der Waals surface area contributed by atoms with Gasteiger partial charge in [-0.1, -0.05) is 6.07 Å². The number of anilines is 5. The van der Waals surface area contributed by atoms with Crippen LogP contribution in [0.3, 0.4) is 0 Å². The summed E-state index contributed by atoms with van der Waals surface area (Å²) in [5.74, 6) is 0.488. The third kappa shape index (κ3) is 4.67. The van der Waals surface area contributed by atoms with Gasteiger partial charge < -0.3 is 15.1 Å². The Bertz CT molecular complexity index is 1440. The van der Waals surface area contributed by atoms with Crippen LogP contribution in [0, 0.1) is 6.92 Å². The van der Waals surface area contributed by atoms with E-state index < -0.39 is 15.8 Å². The van der Waals surface area contributed by atoms with Gasteiger partial charge in [-0.25, -0.2) is 18.2 Å². The minimum absolute atomic E-state index is 0.335. The molecule has 4 aromatic rings. The van der Waals surface area contributed by atoms with Gasteiger partial charge in [-0.15, -0.1) is 0 Å². The molecule has 0 saturated carbocycles. The SMILES string of the molecule is Cc1cnc(Nc2cccc(NS(C)(=O)=O)c2)nc1Nc1ccc2oc(=O)n(C)c2c1. The Balaban J connectivity index is 1.58. The van der Waals surface area contributed by atoms with Crippen molar-refractivity contribution >= 4 is 50.0 Å². The van der Waals surface area contributed by atoms with E-state index in [0.717, 1.165) is 17.5 Å². The van der Waals surface area contributed by atoms with Crippen molar-refractivity contribution in [1.82, 2.24) is 14.5 Å². The fourth-order valence-corrected chi connectivity index (χ4v) is 3.53. The zero-order valence-electron chi connectivity index (χ0n) is 17.0. The van der Waals surface area contributed by atoms with Gasteiger partial charge in [0.05, 0.1) is 17.5 Å². The number of fused-ring (bicyclic) bond motifs is 1. The Labute approximate surface area is 178 Å². The van der Waals surface area contributed by atoms with Crippen LogP contribution in [0.1, 0.15) is 5.56 Å². The van der Waals surface area contributed by atoms with Crippen LogP contribution in [-0.4, -0.2) is 29.2 Å². The van der Waals surface area contributed by atoms with Gasteiger partial charge in [0, 0.05) is 30.2 Å². The standard InChI is InChI=1S/C20H20N6O4S/c1-12-11-21-19(23-13-5-4-6-15(9-13)25-31(3,28)29)24-18(12)22-14-7-8-17-16(10-14)26(2)20(27)30-17/h4-11,25H,1-3H3,(H2,21,22,23,24). The maximum absolute atomic E-state index is 11.7. The van der Waals surface area contributed by atoms with Gasteiger partial charge in [0.25, 0.3) is 0 Å². The molecule has 10 nitrogen and oxygen atoms in total. The minimum Gasteiger partial charge on any atom is -0.408 e. The van der Waals surface area contributed by atoms with Gasteiger partial charge >= 0.3 is 5.76 Å².